The molecular formula is C26H40O4. The van der Waals surface area contributed by atoms with Crippen LogP contribution in [0.4, 0.5) is 0 Å². The number of esters is 2. The maximum atomic E-state index is 12.9. The van der Waals surface area contributed by atoms with Crippen molar-refractivity contribution in [2.45, 2.75) is 92.3 Å². The van der Waals surface area contributed by atoms with E-state index in [0.29, 0.717) is 30.1 Å². The smallest absolute Gasteiger partial charge is 0.311 e. The van der Waals surface area contributed by atoms with Gasteiger partial charge < -0.3 is 9.47 Å². The Bertz CT molecular complexity index is 704. The van der Waals surface area contributed by atoms with Crippen molar-refractivity contribution in [2.75, 3.05) is 0 Å². The monoisotopic (exact) mass is 416 g/mol. The molecule has 0 aromatic rings. The summed E-state index contributed by atoms with van der Waals surface area (Å²) in [5.41, 5.74) is 0.862. The van der Waals surface area contributed by atoms with E-state index in [1.54, 1.807) is 0 Å². The first-order valence-corrected chi connectivity index (χ1v) is 11.9. The van der Waals surface area contributed by atoms with Crippen LogP contribution in [-0.4, -0.2) is 24.1 Å². The van der Waals surface area contributed by atoms with E-state index in [-0.39, 0.29) is 30.1 Å². The average molecular weight is 417 g/mol. The molecule has 2 aliphatic carbocycles. The van der Waals surface area contributed by atoms with Crippen molar-refractivity contribution in [2.24, 2.45) is 35.0 Å². The topological polar surface area (TPSA) is 52.6 Å². The van der Waals surface area contributed by atoms with E-state index in [1.807, 2.05) is 20.8 Å². The van der Waals surface area contributed by atoms with Crippen molar-refractivity contribution < 1.29 is 19.1 Å². The molecule has 0 aromatic heterocycles. The quantitative estimate of drug-likeness (QED) is 0.509. The van der Waals surface area contributed by atoms with Crippen LogP contribution in [0.3, 0.4) is 0 Å². The first-order chi connectivity index (χ1) is 14.1. The molecule has 1 saturated heterocycles. The standard InChI is InChI=1S/C26H40O4/c1-7-26(5,6)25(28)30-22-14-16(2)12-19-9-8-18(4)21(24(19)22)11-10-20-13-17(3)15-23(27)29-20/h8-9,12,16-18,20-22,24H,7,10-11,13-15H2,1-6H3/t16-,17+,18-,20+,21-,22-,24-/m0/s1. The molecule has 0 amide bonds. The Labute approximate surface area is 182 Å². The Balaban J connectivity index is 1.76. The minimum absolute atomic E-state index is 0.0225. The molecule has 7 atom stereocenters. The third kappa shape index (κ3) is 5.18. The average Bonchev–Trinajstić information content (AvgIpc) is 2.66. The predicted octanol–water partition coefficient (Wildman–Crippen LogP) is 5.86. The summed E-state index contributed by atoms with van der Waals surface area (Å²) in [6.07, 6.45) is 11.9. The highest BCUT2D eigenvalue weighted by Crippen LogP contribution is 2.45. The molecule has 1 fully saturated rings. The van der Waals surface area contributed by atoms with E-state index in [1.165, 1.54) is 5.57 Å². The van der Waals surface area contributed by atoms with Gasteiger partial charge in [-0.15, -0.1) is 0 Å². The zero-order valence-electron chi connectivity index (χ0n) is 19.6. The Hall–Kier alpha value is -1.58. The van der Waals surface area contributed by atoms with Crippen LogP contribution in [0.2, 0.25) is 0 Å². The van der Waals surface area contributed by atoms with E-state index >= 15 is 0 Å². The molecule has 1 aliphatic heterocycles. The number of fused-ring (bicyclic) bond motifs is 1. The van der Waals surface area contributed by atoms with Gasteiger partial charge in [0.05, 0.1) is 5.41 Å². The van der Waals surface area contributed by atoms with Gasteiger partial charge in [0.15, 0.2) is 0 Å². The van der Waals surface area contributed by atoms with Gasteiger partial charge in [0.1, 0.15) is 12.2 Å². The predicted molar refractivity (Wildman–Crippen MR) is 119 cm³/mol. The zero-order valence-corrected chi connectivity index (χ0v) is 19.6. The number of allylic oxidation sites excluding steroid dienone is 3. The lowest BCUT2D eigenvalue weighted by Gasteiger charge is -2.44. The highest BCUT2D eigenvalue weighted by molar-refractivity contribution is 5.76. The largest absolute Gasteiger partial charge is 0.462 e. The second-order valence-electron chi connectivity index (χ2n) is 10.7. The fraction of sp³-hybridized carbons (Fsp3) is 0.769. The lowest BCUT2D eigenvalue weighted by Crippen LogP contribution is -2.43. The van der Waals surface area contributed by atoms with Crippen molar-refractivity contribution in [3.8, 4) is 0 Å². The van der Waals surface area contributed by atoms with Crippen LogP contribution < -0.4 is 0 Å². The third-order valence-electron chi connectivity index (χ3n) is 7.59. The van der Waals surface area contributed by atoms with Crippen molar-refractivity contribution >= 4 is 11.9 Å². The molecule has 1 heterocycles. The van der Waals surface area contributed by atoms with Gasteiger partial charge in [-0.2, -0.15) is 0 Å². The molecule has 3 aliphatic rings. The Morgan fingerprint density at radius 2 is 1.93 bits per heavy atom. The summed E-state index contributed by atoms with van der Waals surface area (Å²) in [6.45, 7) is 12.6. The number of hydrogen-bond acceptors (Lipinski definition) is 4. The highest BCUT2D eigenvalue weighted by atomic mass is 16.5. The summed E-state index contributed by atoms with van der Waals surface area (Å²) >= 11 is 0. The second-order valence-corrected chi connectivity index (χ2v) is 10.7. The van der Waals surface area contributed by atoms with Gasteiger partial charge in [0.2, 0.25) is 0 Å². The molecule has 0 unspecified atom stereocenters. The number of rotatable bonds is 6. The molecule has 4 nitrogen and oxygen atoms in total. The summed E-state index contributed by atoms with van der Waals surface area (Å²) < 4.78 is 11.8. The van der Waals surface area contributed by atoms with Crippen LogP contribution in [0.5, 0.6) is 0 Å². The van der Waals surface area contributed by atoms with Crippen molar-refractivity contribution in [3.05, 3.63) is 23.8 Å². The normalized spacial score (nSPS) is 36.5. The minimum atomic E-state index is -0.456. The molecular weight excluding hydrogens is 376 g/mol. The molecule has 168 valence electrons. The maximum Gasteiger partial charge on any atom is 0.311 e. The van der Waals surface area contributed by atoms with E-state index < -0.39 is 5.41 Å². The van der Waals surface area contributed by atoms with Gasteiger partial charge in [-0.1, -0.05) is 45.9 Å². The van der Waals surface area contributed by atoms with E-state index in [4.69, 9.17) is 9.47 Å². The lowest BCUT2D eigenvalue weighted by atomic mass is 9.65. The van der Waals surface area contributed by atoms with E-state index in [0.717, 1.165) is 32.1 Å². The van der Waals surface area contributed by atoms with Gasteiger partial charge in [-0.05, 0) is 75.2 Å². The molecule has 3 rings (SSSR count). The van der Waals surface area contributed by atoms with E-state index in [9.17, 15) is 9.59 Å². The van der Waals surface area contributed by atoms with Crippen molar-refractivity contribution in [1.29, 1.82) is 0 Å². The first kappa shape index (κ1) is 23.1. The number of carbonyl (C=O) groups excluding carboxylic acids is 2. The van der Waals surface area contributed by atoms with Crippen molar-refractivity contribution in [1.82, 2.24) is 0 Å². The van der Waals surface area contributed by atoms with Crippen LogP contribution in [0.15, 0.2) is 23.8 Å². The van der Waals surface area contributed by atoms with Crippen molar-refractivity contribution in [3.63, 3.8) is 0 Å². The summed E-state index contributed by atoms with van der Waals surface area (Å²) in [7, 11) is 0. The third-order valence-corrected chi connectivity index (χ3v) is 7.59. The van der Waals surface area contributed by atoms with E-state index in [2.05, 4.69) is 39.0 Å². The lowest BCUT2D eigenvalue weighted by molar-refractivity contribution is -0.165. The summed E-state index contributed by atoms with van der Waals surface area (Å²) in [5, 5.41) is 0. The summed E-state index contributed by atoms with van der Waals surface area (Å²) in [4.78, 5) is 24.8. The molecule has 0 aromatic carbocycles. The Kier molecular flexibility index (Phi) is 7.14. The van der Waals surface area contributed by atoms with Gasteiger partial charge in [0, 0.05) is 12.3 Å². The molecule has 0 saturated carbocycles. The first-order valence-electron chi connectivity index (χ1n) is 11.9. The maximum absolute atomic E-state index is 12.9. The second kappa shape index (κ2) is 9.28. The number of cyclic esters (lactones) is 1. The van der Waals surface area contributed by atoms with Gasteiger partial charge >= 0.3 is 11.9 Å². The highest BCUT2D eigenvalue weighted by Gasteiger charge is 2.43. The fourth-order valence-electron chi connectivity index (χ4n) is 5.32. The molecule has 0 N–H and O–H groups in total. The molecule has 0 radical (unpaired) electrons. The zero-order chi connectivity index (χ0) is 22.1. The number of hydrogen-bond donors (Lipinski definition) is 0. The molecule has 0 bridgehead atoms. The van der Waals surface area contributed by atoms with Gasteiger partial charge in [-0.25, -0.2) is 0 Å². The van der Waals surface area contributed by atoms with Crippen LogP contribution in [0, 0.1) is 35.0 Å². The Morgan fingerprint density at radius 3 is 2.60 bits per heavy atom. The Morgan fingerprint density at radius 1 is 1.20 bits per heavy atom. The SMILES string of the molecule is CCC(C)(C)C(=O)O[C@H]1C[C@@H](C)C=C2C=C[C@H](C)[C@H](CC[C@@H]3C[C@@H](C)CC(=O)O3)[C@H]21. The number of ether oxygens (including phenoxy) is 2. The van der Waals surface area contributed by atoms with Crippen LogP contribution in [0.1, 0.15) is 80.1 Å². The van der Waals surface area contributed by atoms with Crippen LogP contribution >= 0.6 is 0 Å². The molecule has 0 spiro atoms. The summed E-state index contributed by atoms with van der Waals surface area (Å²) in [5.74, 6) is 1.70. The van der Waals surface area contributed by atoms with Crippen LogP contribution in [0.25, 0.3) is 0 Å². The fourth-order valence-corrected chi connectivity index (χ4v) is 5.32. The molecule has 4 heteroatoms. The summed E-state index contributed by atoms with van der Waals surface area (Å²) in [6, 6.07) is 0. The van der Waals surface area contributed by atoms with Gasteiger partial charge in [-0.3, -0.25) is 9.59 Å². The van der Waals surface area contributed by atoms with Gasteiger partial charge in [0.25, 0.3) is 0 Å². The number of carbonyl (C=O) groups is 2. The van der Waals surface area contributed by atoms with Crippen LogP contribution in [-0.2, 0) is 19.1 Å². The molecule has 30 heavy (non-hydrogen) atoms. The minimum Gasteiger partial charge on any atom is -0.462 e.